The number of carbonyl (C=O) groups excluding carboxylic acids is 2. The van der Waals surface area contributed by atoms with Crippen LogP contribution in [0.1, 0.15) is 49.0 Å². The van der Waals surface area contributed by atoms with E-state index in [2.05, 4.69) is 5.32 Å². The summed E-state index contributed by atoms with van der Waals surface area (Å²) < 4.78 is 10.8. The van der Waals surface area contributed by atoms with Gasteiger partial charge in [-0.05, 0) is 49.2 Å². The van der Waals surface area contributed by atoms with Crippen LogP contribution < -0.4 is 10.1 Å². The molecule has 0 aliphatic carbocycles. The quantitative estimate of drug-likeness (QED) is 0.354. The number of nitrogens with one attached hydrogen (secondary N) is 1. The third kappa shape index (κ3) is 6.91. The van der Waals surface area contributed by atoms with Gasteiger partial charge in [0.05, 0.1) is 18.8 Å². The number of ether oxygens (including phenoxy) is 2. The Balaban J connectivity index is 1.93. The van der Waals surface area contributed by atoms with Crippen molar-refractivity contribution in [1.29, 1.82) is 0 Å². The first-order valence-corrected chi connectivity index (χ1v) is 9.62. The van der Waals surface area contributed by atoms with Crippen LogP contribution in [0.25, 0.3) is 6.08 Å². The van der Waals surface area contributed by atoms with Crippen molar-refractivity contribution in [1.82, 2.24) is 0 Å². The number of rotatable bonds is 10. The Morgan fingerprint density at radius 1 is 0.964 bits per heavy atom. The number of amides is 1. The normalized spacial score (nSPS) is 10.6. The fourth-order valence-corrected chi connectivity index (χ4v) is 2.39. The SMILES string of the molecule is CCCCOC(=O)c1ccc(NC(=O)C=Cc2ccccc2OCCC)cc1. The van der Waals surface area contributed by atoms with E-state index in [1.807, 2.05) is 38.1 Å². The predicted molar refractivity (Wildman–Crippen MR) is 112 cm³/mol. The zero-order valence-corrected chi connectivity index (χ0v) is 16.4. The molecule has 1 N–H and O–H groups in total. The molecule has 0 atom stereocenters. The Morgan fingerprint density at radius 3 is 2.43 bits per heavy atom. The van der Waals surface area contributed by atoms with Gasteiger partial charge in [-0.1, -0.05) is 38.5 Å². The molecule has 2 rings (SSSR count). The van der Waals surface area contributed by atoms with Crippen molar-refractivity contribution < 1.29 is 19.1 Å². The van der Waals surface area contributed by atoms with Crippen molar-refractivity contribution in [2.45, 2.75) is 33.1 Å². The summed E-state index contributed by atoms with van der Waals surface area (Å²) in [5, 5.41) is 2.77. The van der Waals surface area contributed by atoms with Crippen LogP contribution in [0.4, 0.5) is 5.69 Å². The van der Waals surface area contributed by atoms with Gasteiger partial charge < -0.3 is 14.8 Å². The van der Waals surface area contributed by atoms with E-state index in [1.54, 1.807) is 30.3 Å². The first-order valence-electron chi connectivity index (χ1n) is 9.62. The molecule has 0 saturated carbocycles. The summed E-state index contributed by atoms with van der Waals surface area (Å²) in [4.78, 5) is 24.1. The number of carbonyl (C=O) groups is 2. The Kier molecular flexibility index (Phi) is 8.79. The van der Waals surface area contributed by atoms with E-state index < -0.39 is 0 Å². The molecule has 0 unspecified atom stereocenters. The lowest BCUT2D eigenvalue weighted by Gasteiger charge is -2.08. The summed E-state index contributed by atoms with van der Waals surface area (Å²) in [5.41, 5.74) is 1.91. The fraction of sp³-hybridized carbons (Fsp3) is 0.304. The second-order valence-corrected chi connectivity index (χ2v) is 6.28. The zero-order chi connectivity index (χ0) is 20.2. The Labute approximate surface area is 166 Å². The van der Waals surface area contributed by atoms with Gasteiger partial charge in [0.1, 0.15) is 5.75 Å². The van der Waals surface area contributed by atoms with Crippen LogP contribution in [0.15, 0.2) is 54.6 Å². The lowest BCUT2D eigenvalue weighted by molar-refractivity contribution is -0.111. The Morgan fingerprint density at radius 2 is 1.71 bits per heavy atom. The molecule has 0 fully saturated rings. The van der Waals surface area contributed by atoms with Crippen LogP contribution in [-0.4, -0.2) is 25.1 Å². The molecule has 0 bridgehead atoms. The molecule has 0 heterocycles. The molecule has 2 aromatic carbocycles. The van der Waals surface area contributed by atoms with Crippen molar-refractivity contribution >= 4 is 23.6 Å². The zero-order valence-electron chi connectivity index (χ0n) is 16.4. The molecule has 0 aliphatic rings. The smallest absolute Gasteiger partial charge is 0.338 e. The highest BCUT2D eigenvalue weighted by atomic mass is 16.5. The van der Waals surface area contributed by atoms with Crippen LogP contribution in [0.3, 0.4) is 0 Å². The number of unbranched alkanes of at least 4 members (excludes halogenated alkanes) is 1. The second kappa shape index (κ2) is 11.6. The van der Waals surface area contributed by atoms with E-state index in [1.165, 1.54) is 6.08 Å². The Bertz CT molecular complexity index is 797. The lowest BCUT2D eigenvalue weighted by atomic mass is 10.2. The third-order valence-electron chi connectivity index (χ3n) is 3.91. The van der Waals surface area contributed by atoms with Gasteiger partial charge in [0.15, 0.2) is 0 Å². The van der Waals surface area contributed by atoms with Crippen LogP contribution in [0.2, 0.25) is 0 Å². The molecular formula is C23H27NO4. The summed E-state index contributed by atoms with van der Waals surface area (Å²) in [7, 11) is 0. The molecule has 5 nitrogen and oxygen atoms in total. The largest absolute Gasteiger partial charge is 0.493 e. The minimum atomic E-state index is -0.352. The topological polar surface area (TPSA) is 64.6 Å². The highest BCUT2D eigenvalue weighted by molar-refractivity contribution is 6.02. The van der Waals surface area contributed by atoms with E-state index in [4.69, 9.17) is 9.47 Å². The number of hydrogen-bond donors (Lipinski definition) is 1. The number of para-hydroxylation sites is 1. The van der Waals surface area contributed by atoms with Crippen molar-refractivity contribution in [3.63, 3.8) is 0 Å². The third-order valence-corrected chi connectivity index (χ3v) is 3.91. The number of esters is 1. The Hall–Kier alpha value is -3.08. The average molecular weight is 381 g/mol. The van der Waals surface area contributed by atoms with Gasteiger partial charge in [0, 0.05) is 17.3 Å². The van der Waals surface area contributed by atoms with E-state index in [9.17, 15) is 9.59 Å². The summed E-state index contributed by atoms with van der Waals surface area (Å²) in [6.45, 7) is 5.13. The molecule has 1 amide bonds. The van der Waals surface area contributed by atoms with Crippen LogP contribution >= 0.6 is 0 Å². The first-order chi connectivity index (χ1) is 13.6. The molecule has 0 radical (unpaired) electrons. The summed E-state index contributed by atoms with van der Waals surface area (Å²) in [6.07, 6.45) is 5.92. The van der Waals surface area contributed by atoms with Crippen molar-refractivity contribution in [2.24, 2.45) is 0 Å². The van der Waals surface area contributed by atoms with E-state index in [-0.39, 0.29) is 11.9 Å². The summed E-state index contributed by atoms with van der Waals surface area (Å²) >= 11 is 0. The van der Waals surface area contributed by atoms with Crippen molar-refractivity contribution in [2.75, 3.05) is 18.5 Å². The van der Waals surface area contributed by atoms with Crippen LogP contribution in [-0.2, 0) is 9.53 Å². The van der Waals surface area contributed by atoms with Crippen molar-refractivity contribution in [3.8, 4) is 5.75 Å². The van der Waals surface area contributed by atoms with Crippen LogP contribution in [0, 0.1) is 0 Å². The van der Waals surface area contributed by atoms with E-state index in [0.29, 0.717) is 24.5 Å². The van der Waals surface area contributed by atoms with Gasteiger partial charge in [-0.15, -0.1) is 0 Å². The highest BCUT2D eigenvalue weighted by Gasteiger charge is 2.07. The predicted octanol–water partition coefficient (Wildman–Crippen LogP) is 5.08. The van der Waals surface area contributed by atoms with Gasteiger partial charge in [-0.2, -0.15) is 0 Å². The minimum Gasteiger partial charge on any atom is -0.493 e. The summed E-state index contributed by atoms with van der Waals surface area (Å²) in [6, 6.07) is 14.2. The fourth-order valence-electron chi connectivity index (χ4n) is 2.39. The van der Waals surface area contributed by atoms with Gasteiger partial charge in [0.25, 0.3) is 0 Å². The monoisotopic (exact) mass is 381 g/mol. The minimum absolute atomic E-state index is 0.261. The second-order valence-electron chi connectivity index (χ2n) is 6.28. The van der Waals surface area contributed by atoms with E-state index in [0.717, 1.165) is 30.6 Å². The molecule has 0 aliphatic heterocycles. The van der Waals surface area contributed by atoms with Gasteiger partial charge in [0.2, 0.25) is 5.91 Å². The number of hydrogen-bond acceptors (Lipinski definition) is 4. The first kappa shape index (κ1) is 21.2. The highest BCUT2D eigenvalue weighted by Crippen LogP contribution is 2.20. The molecule has 0 spiro atoms. The van der Waals surface area contributed by atoms with Crippen LogP contribution in [0.5, 0.6) is 5.75 Å². The number of benzene rings is 2. The number of anilines is 1. The molecule has 28 heavy (non-hydrogen) atoms. The lowest BCUT2D eigenvalue weighted by Crippen LogP contribution is -2.09. The maximum atomic E-state index is 12.2. The van der Waals surface area contributed by atoms with Gasteiger partial charge in [-0.25, -0.2) is 4.79 Å². The van der Waals surface area contributed by atoms with Gasteiger partial charge >= 0.3 is 5.97 Å². The average Bonchev–Trinajstić information content (AvgIpc) is 2.72. The summed E-state index contributed by atoms with van der Waals surface area (Å²) in [5.74, 6) is 0.137. The van der Waals surface area contributed by atoms with Crippen molar-refractivity contribution in [3.05, 3.63) is 65.7 Å². The molecule has 2 aromatic rings. The molecule has 5 heteroatoms. The molecular weight excluding hydrogens is 354 g/mol. The molecule has 148 valence electrons. The molecule has 0 aromatic heterocycles. The molecule has 0 saturated heterocycles. The maximum Gasteiger partial charge on any atom is 0.338 e. The standard InChI is InChI=1S/C23H27NO4/c1-3-5-17-28-23(26)19-10-13-20(14-11-19)24-22(25)15-12-18-8-6-7-9-21(18)27-16-4-2/h6-15H,3-5,16-17H2,1-2H3,(H,24,25). The van der Waals surface area contributed by atoms with Gasteiger partial charge in [-0.3, -0.25) is 4.79 Å². The maximum absolute atomic E-state index is 12.2. The van der Waals surface area contributed by atoms with E-state index >= 15 is 0 Å².